The highest BCUT2D eigenvalue weighted by molar-refractivity contribution is 5.43. The molecule has 2 heterocycles. The average Bonchev–Trinajstić information content (AvgIpc) is 3.04. The summed E-state index contributed by atoms with van der Waals surface area (Å²) in [6.07, 6.45) is 0.405. The second-order valence-corrected chi connectivity index (χ2v) is 8.14. The highest BCUT2D eigenvalue weighted by atomic mass is 19.3. The van der Waals surface area contributed by atoms with Crippen molar-refractivity contribution in [2.45, 2.75) is 37.3 Å². The molecule has 0 saturated carbocycles. The van der Waals surface area contributed by atoms with Crippen molar-refractivity contribution in [3.05, 3.63) is 23.8 Å². The third-order valence-electron chi connectivity index (χ3n) is 5.70. The molecule has 0 radical (unpaired) electrons. The Morgan fingerprint density at radius 3 is 2.41 bits per heavy atom. The molecule has 2 aliphatic rings. The van der Waals surface area contributed by atoms with Gasteiger partial charge in [0.2, 0.25) is 0 Å². The molecule has 6 nitrogen and oxygen atoms in total. The SMILES string of the molecule is COCCOc1cc(CN2CC[C@@](O)(CN3CCC(F)(F)CC3)C2)ccc1OC. The Labute approximate surface area is 171 Å². The summed E-state index contributed by atoms with van der Waals surface area (Å²) in [6.45, 7) is 4.06. The van der Waals surface area contributed by atoms with Gasteiger partial charge in [-0.05, 0) is 24.1 Å². The molecule has 0 aromatic heterocycles. The van der Waals surface area contributed by atoms with Crippen LogP contribution in [0.3, 0.4) is 0 Å². The van der Waals surface area contributed by atoms with Crippen molar-refractivity contribution in [1.29, 1.82) is 0 Å². The minimum Gasteiger partial charge on any atom is -0.493 e. The van der Waals surface area contributed by atoms with Gasteiger partial charge in [-0.1, -0.05) is 6.07 Å². The number of rotatable bonds is 9. The van der Waals surface area contributed by atoms with Crippen LogP contribution in [0.1, 0.15) is 24.8 Å². The number of hydrogen-bond donors (Lipinski definition) is 1. The van der Waals surface area contributed by atoms with Crippen LogP contribution in [-0.2, 0) is 11.3 Å². The summed E-state index contributed by atoms with van der Waals surface area (Å²) < 4.78 is 42.8. The van der Waals surface area contributed by atoms with Gasteiger partial charge in [-0.15, -0.1) is 0 Å². The first kappa shape index (κ1) is 22.2. The van der Waals surface area contributed by atoms with E-state index in [1.54, 1.807) is 14.2 Å². The summed E-state index contributed by atoms with van der Waals surface area (Å²) >= 11 is 0. The van der Waals surface area contributed by atoms with E-state index in [0.717, 1.165) is 12.1 Å². The zero-order valence-corrected chi connectivity index (χ0v) is 17.3. The van der Waals surface area contributed by atoms with Gasteiger partial charge in [0.1, 0.15) is 6.61 Å². The molecule has 2 saturated heterocycles. The quantitative estimate of drug-likeness (QED) is 0.627. The van der Waals surface area contributed by atoms with E-state index < -0.39 is 11.5 Å². The molecule has 1 N–H and O–H groups in total. The standard InChI is InChI=1S/C21H32F2N2O4/c1-27-11-12-29-19-13-17(3-4-18(19)28-2)14-25-8-5-20(26,16-25)15-24-9-6-21(22,23)7-10-24/h3-4,13,26H,5-12,14-16H2,1-2H3/t20-/m1/s1. The maximum Gasteiger partial charge on any atom is 0.250 e. The lowest BCUT2D eigenvalue weighted by atomic mass is 10.00. The van der Waals surface area contributed by atoms with Gasteiger partial charge in [0.15, 0.2) is 11.5 Å². The monoisotopic (exact) mass is 414 g/mol. The Hall–Kier alpha value is -1.48. The lowest BCUT2D eigenvalue weighted by Crippen LogP contribution is -2.49. The Kier molecular flexibility index (Phi) is 7.32. The molecule has 0 bridgehead atoms. The van der Waals surface area contributed by atoms with Crippen molar-refractivity contribution in [2.75, 3.05) is 60.2 Å². The van der Waals surface area contributed by atoms with Crippen molar-refractivity contribution in [1.82, 2.24) is 9.80 Å². The zero-order chi connectivity index (χ0) is 20.9. The third-order valence-corrected chi connectivity index (χ3v) is 5.70. The summed E-state index contributed by atoms with van der Waals surface area (Å²) in [5.41, 5.74) is 0.219. The predicted molar refractivity (Wildman–Crippen MR) is 106 cm³/mol. The maximum absolute atomic E-state index is 13.4. The second-order valence-electron chi connectivity index (χ2n) is 8.14. The molecule has 1 aromatic rings. The molecule has 0 unspecified atom stereocenters. The van der Waals surface area contributed by atoms with Crippen LogP contribution in [0.15, 0.2) is 18.2 Å². The summed E-state index contributed by atoms with van der Waals surface area (Å²) in [5, 5.41) is 11.0. The molecule has 3 rings (SSSR count). The fourth-order valence-electron chi connectivity index (χ4n) is 4.08. The van der Waals surface area contributed by atoms with E-state index in [0.29, 0.717) is 63.9 Å². The smallest absolute Gasteiger partial charge is 0.250 e. The molecule has 0 aliphatic carbocycles. The Bertz CT molecular complexity index is 666. The van der Waals surface area contributed by atoms with Crippen molar-refractivity contribution in [2.24, 2.45) is 0 Å². The van der Waals surface area contributed by atoms with E-state index in [1.807, 2.05) is 23.1 Å². The van der Waals surface area contributed by atoms with Gasteiger partial charge in [0.25, 0.3) is 5.92 Å². The van der Waals surface area contributed by atoms with E-state index in [-0.39, 0.29) is 12.8 Å². The van der Waals surface area contributed by atoms with Gasteiger partial charge in [0.05, 0.1) is 19.3 Å². The van der Waals surface area contributed by atoms with Crippen LogP contribution < -0.4 is 9.47 Å². The number of methoxy groups -OCH3 is 2. The Morgan fingerprint density at radius 1 is 1.00 bits per heavy atom. The van der Waals surface area contributed by atoms with Gasteiger partial charge in [-0.2, -0.15) is 0 Å². The average molecular weight is 414 g/mol. The molecule has 8 heteroatoms. The van der Waals surface area contributed by atoms with Crippen LogP contribution in [-0.4, -0.2) is 86.6 Å². The second kappa shape index (κ2) is 9.55. The van der Waals surface area contributed by atoms with E-state index in [2.05, 4.69) is 4.90 Å². The topological polar surface area (TPSA) is 54.4 Å². The molecule has 1 aromatic carbocycles. The number of nitrogens with zero attached hydrogens (tertiary/aromatic N) is 2. The van der Waals surface area contributed by atoms with Gasteiger partial charge in [0, 0.05) is 59.2 Å². The van der Waals surface area contributed by atoms with Gasteiger partial charge < -0.3 is 19.3 Å². The first-order valence-electron chi connectivity index (χ1n) is 10.2. The zero-order valence-electron chi connectivity index (χ0n) is 17.3. The van der Waals surface area contributed by atoms with Crippen molar-refractivity contribution in [3.63, 3.8) is 0 Å². The largest absolute Gasteiger partial charge is 0.493 e. The van der Waals surface area contributed by atoms with Crippen LogP contribution in [0.4, 0.5) is 8.78 Å². The molecule has 0 spiro atoms. The van der Waals surface area contributed by atoms with Crippen LogP contribution in [0, 0.1) is 0 Å². The molecule has 29 heavy (non-hydrogen) atoms. The van der Waals surface area contributed by atoms with Gasteiger partial charge in [-0.3, -0.25) is 9.80 Å². The van der Waals surface area contributed by atoms with E-state index in [4.69, 9.17) is 14.2 Å². The number of halogens is 2. The molecule has 164 valence electrons. The number of alkyl halides is 2. The highest BCUT2D eigenvalue weighted by Crippen LogP contribution is 2.32. The lowest BCUT2D eigenvalue weighted by molar-refractivity contribution is -0.0724. The van der Waals surface area contributed by atoms with E-state index in [1.165, 1.54) is 0 Å². The van der Waals surface area contributed by atoms with Crippen LogP contribution in [0.2, 0.25) is 0 Å². The highest BCUT2D eigenvalue weighted by Gasteiger charge is 2.40. The van der Waals surface area contributed by atoms with E-state index in [9.17, 15) is 13.9 Å². The Balaban J connectivity index is 1.54. The summed E-state index contributed by atoms with van der Waals surface area (Å²) in [7, 11) is 3.23. The van der Waals surface area contributed by atoms with Crippen molar-refractivity contribution >= 4 is 0 Å². The normalized spacial score (nSPS) is 25.3. The van der Waals surface area contributed by atoms with Crippen molar-refractivity contribution in [3.8, 4) is 11.5 Å². The fraction of sp³-hybridized carbons (Fsp3) is 0.714. The minimum atomic E-state index is -2.56. The number of likely N-dealkylation sites (tertiary alicyclic amines) is 2. The number of hydrogen-bond acceptors (Lipinski definition) is 6. The maximum atomic E-state index is 13.4. The molecule has 1 atom stereocenters. The fourth-order valence-corrected chi connectivity index (χ4v) is 4.08. The molecular formula is C21H32F2N2O4. The van der Waals surface area contributed by atoms with Crippen LogP contribution in [0.5, 0.6) is 11.5 Å². The number of ether oxygens (including phenoxy) is 3. The lowest BCUT2D eigenvalue weighted by Gasteiger charge is -2.36. The van der Waals surface area contributed by atoms with Crippen LogP contribution >= 0.6 is 0 Å². The van der Waals surface area contributed by atoms with Crippen LogP contribution in [0.25, 0.3) is 0 Å². The number of piperidine rings is 1. The third kappa shape index (κ3) is 6.25. The van der Waals surface area contributed by atoms with Gasteiger partial charge >= 0.3 is 0 Å². The number of benzene rings is 1. The first-order chi connectivity index (χ1) is 13.8. The predicted octanol–water partition coefficient (Wildman–Crippen LogP) is 2.39. The molecular weight excluding hydrogens is 382 g/mol. The Morgan fingerprint density at radius 2 is 1.72 bits per heavy atom. The number of β-amino-alcohol motifs (C(OH)–C–C–N with tert-alkyl or cyclic N) is 1. The summed E-state index contributed by atoms with van der Waals surface area (Å²) in [5.74, 6) is -1.21. The molecule has 2 fully saturated rings. The number of aliphatic hydroxyl groups is 1. The first-order valence-corrected chi connectivity index (χ1v) is 10.2. The van der Waals surface area contributed by atoms with Crippen molar-refractivity contribution < 1.29 is 28.1 Å². The molecule has 2 aliphatic heterocycles. The van der Waals surface area contributed by atoms with E-state index >= 15 is 0 Å². The summed E-state index contributed by atoms with van der Waals surface area (Å²) in [4.78, 5) is 4.16. The molecule has 0 amide bonds. The summed E-state index contributed by atoms with van der Waals surface area (Å²) in [6, 6.07) is 5.83. The van der Waals surface area contributed by atoms with Gasteiger partial charge in [-0.25, -0.2) is 8.78 Å². The minimum absolute atomic E-state index is 0.121.